The first-order chi connectivity index (χ1) is 7.42. The Balaban J connectivity index is 2.58. The number of amides is 1. The Morgan fingerprint density at radius 3 is 2.75 bits per heavy atom. The Labute approximate surface area is 95.3 Å². The number of carbonyl (C=O) groups excluding carboxylic acids is 1. The molecule has 0 aromatic carbocycles. The molecule has 0 saturated heterocycles. The first kappa shape index (κ1) is 12.4. The fraction of sp³-hybridized carbons (Fsp3) is 0.417. The van der Waals surface area contributed by atoms with Crippen molar-refractivity contribution in [1.29, 1.82) is 0 Å². The van der Waals surface area contributed by atoms with Crippen molar-refractivity contribution in [3.8, 4) is 0 Å². The maximum atomic E-state index is 11.5. The molecule has 1 atom stereocenters. The van der Waals surface area contributed by atoms with Crippen molar-refractivity contribution in [3.63, 3.8) is 0 Å². The van der Waals surface area contributed by atoms with Gasteiger partial charge in [0.1, 0.15) is 17.4 Å². The lowest BCUT2D eigenvalue weighted by atomic mass is 10.2. The zero-order chi connectivity index (χ0) is 12.2. The minimum absolute atomic E-state index is 0.371. The second-order valence-corrected chi connectivity index (χ2v) is 4.38. The summed E-state index contributed by atoms with van der Waals surface area (Å²) in [4.78, 5) is 11.5. The quantitative estimate of drug-likeness (QED) is 0.801. The molecule has 0 bridgehead atoms. The summed E-state index contributed by atoms with van der Waals surface area (Å²) in [6.45, 7) is 9.06. The van der Waals surface area contributed by atoms with Crippen molar-refractivity contribution in [1.82, 2.24) is 5.32 Å². The fourth-order valence-corrected chi connectivity index (χ4v) is 1.15. The molecule has 1 unspecified atom stereocenters. The van der Waals surface area contributed by atoms with E-state index in [0.29, 0.717) is 5.76 Å². The van der Waals surface area contributed by atoms with Gasteiger partial charge in [-0.3, -0.25) is 0 Å². The summed E-state index contributed by atoms with van der Waals surface area (Å²) in [6, 6.07) is 3.15. The zero-order valence-corrected chi connectivity index (χ0v) is 9.82. The van der Waals surface area contributed by atoms with Crippen LogP contribution in [0, 0.1) is 0 Å². The van der Waals surface area contributed by atoms with Gasteiger partial charge in [0.15, 0.2) is 0 Å². The average molecular weight is 223 g/mol. The van der Waals surface area contributed by atoms with Crippen LogP contribution in [0.3, 0.4) is 0 Å². The molecule has 1 aromatic rings. The largest absolute Gasteiger partial charge is 0.467 e. The van der Waals surface area contributed by atoms with Crippen LogP contribution >= 0.6 is 0 Å². The maximum absolute atomic E-state index is 11.5. The monoisotopic (exact) mass is 223 g/mol. The van der Waals surface area contributed by atoms with Crippen LogP contribution in [0.5, 0.6) is 0 Å². The molecule has 0 aliphatic rings. The van der Waals surface area contributed by atoms with E-state index >= 15 is 0 Å². The molecule has 16 heavy (non-hydrogen) atoms. The molecule has 0 spiro atoms. The molecule has 0 saturated carbocycles. The van der Waals surface area contributed by atoms with E-state index < -0.39 is 11.7 Å². The number of hydrogen-bond donors (Lipinski definition) is 1. The number of ether oxygens (including phenoxy) is 1. The molecule has 4 nitrogen and oxygen atoms in total. The summed E-state index contributed by atoms with van der Waals surface area (Å²) in [7, 11) is 0. The van der Waals surface area contributed by atoms with Crippen molar-refractivity contribution < 1.29 is 13.9 Å². The minimum atomic E-state index is -0.515. The molecular formula is C12H17NO3. The number of carbonyl (C=O) groups is 1. The first-order valence-electron chi connectivity index (χ1n) is 5.08. The van der Waals surface area contributed by atoms with Crippen LogP contribution in [0.15, 0.2) is 35.5 Å². The molecule has 1 aromatic heterocycles. The Kier molecular flexibility index (Phi) is 3.77. The topological polar surface area (TPSA) is 51.5 Å². The van der Waals surface area contributed by atoms with E-state index in [9.17, 15) is 4.79 Å². The highest BCUT2D eigenvalue weighted by molar-refractivity contribution is 5.68. The van der Waals surface area contributed by atoms with Crippen LogP contribution in [-0.4, -0.2) is 11.7 Å². The SMILES string of the molecule is C=CC(NC(=O)OC(C)(C)C)c1ccco1. The van der Waals surface area contributed by atoms with Crippen LogP contribution in [0.2, 0.25) is 0 Å². The summed E-state index contributed by atoms with van der Waals surface area (Å²) in [5, 5.41) is 2.65. The van der Waals surface area contributed by atoms with Crippen LogP contribution in [0.4, 0.5) is 4.79 Å². The molecule has 0 aliphatic carbocycles. The fourth-order valence-electron chi connectivity index (χ4n) is 1.15. The van der Waals surface area contributed by atoms with E-state index in [-0.39, 0.29) is 6.04 Å². The lowest BCUT2D eigenvalue weighted by molar-refractivity contribution is 0.0509. The number of nitrogens with one attached hydrogen (secondary N) is 1. The highest BCUT2D eigenvalue weighted by Crippen LogP contribution is 2.15. The number of hydrogen-bond acceptors (Lipinski definition) is 3. The van der Waals surface area contributed by atoms with Crippen LogP contribution in [0.1, 0.15) is 32.6 Å². The van der Waals surface area contributed by atoms with Crippen molar-refractivity contribution in [2.24, 2.45) is 0 Å². The van der Waals surface area contributed by atoms with Gasteiger partial charge >= 0.3 is 6.09 Å². The summed E-state index contributed by atoms with van der Waals surface area (Å²) >= 11 is 0. The first-order valence-corrected chi connectivity index (χ1v) is 5.08. The standard InChI is InChI=1S/C12H17NO3/c1-5-9(10-7-6-8-15-10)13-11(14)16-12(2,3)4/h5-9H,1H2,2-4H3,(H,13,14). The second kappa shape index (κ2) is 4.88. The maximum Gasteiger partial charge on any atom is 0.408 e. The summed E-state index contributed by atoms with van der Waals surface area (Å²) in [5.41, 5.74) is -0.515. The van der Waals surface area contributed by atoms with Gasteiger partial charge in [-0.25, -0.2) is 4.79 Å². The predicted molar refractivity (Wildman–Crippen MR) is 61.0 cm³/mol. The predicted octanol–water partition coefficient (Wildman–Crippen LogP) is 3.03. The molecule has 0 aliphatic heterocycles. The van der Waals surface area contributed by atoms with Crippen molar-refractivity contribution in [3.05, 3.63) is 36.8 Å². The van der Waals surface area contributed by atoms with E-state index in [4.69, 9.17) is 9.15 Å². The van der Waals surface area contributed by atoms with Crippen LogP contribution < -0.4 is 5.32 Å². The molecule has 1 heterocycles. The lowest BCUT2D eigenvalue weighted by Crippen LogP contribution is -2.34. The summed E-state index contributed by atoms with van der Waals surface area (Å²) in [6.07, 6.45) is 2.64. The normalized spacial score (nSPS) is 12.9. The highest BCUT2D eigenvalue weighted by Gasteiger charge is 2.19. The van der Waals surface area contributed by atoms with Gasteiger partial charge in [-0.2, -0.15) is 0 Å². The third kappa shape index (κ3) is 3.81. The van der Waals surface area contributed by atoms with Gasteiger partial charge < -0.3 is 14.5 Å². The van der Waals surface area contributed by atoms with Crippen molar-refractivity contribution >= 4 is 6.09 Å². The Morgan fingerprint density at radius 2 is 2.31 bits per heavy atom. The van der Waals surface area contributed by atoms with E-state index in [1.807, 2.05) is 20.8 Å². The van der Waals surface area contributed by atoms with Crippen molar-refractivity contribution in [2.45, 2.75) is 32.4 Å². The lowest BCUT2D eigenvalue weighted by Gasteiger charge is -2.21. The second-order valence-electron chi connectivity index (χ2n) is 4.38. The van der Waals surface area contributed by atoms with E-state index in [0.717, 1.165) is 0 Å². The van der Waals surface area contributed by atoms with Gasteiger partial charge in [-0.15, -0.1) is 6.58 Å². The molecule has 0 radical (unpaired) electrons. The Hall–Kier alpha value is -1.71. The van der Waals surface area contributed by atoms with Gasteiger partial charge in [0.25, 0.3) is 0 Å². The van der Waals surface area contributed by atoms with Gasteiger partial charge in [0.2, 0.25) is 0 Å². The third-order valence-electron chi connectivity index (χ3n) is 1.76. The molecule has 1 rings (SSSR count). The molecule has 88 valence electrons. The Morgan fingerprint density at radius 1 is 1.62 bits per heavy atom. The Bertz CT molecular complexity index is 349. The smallest absolute Gasteiger partial charge is 0.408 e. The molecule has 0 fully saturated rings. The van der Waals surface area contributed by atoms with E-state index in [1.54, 1.807) is 24.5 Å². The van der Waals surface area contributed by atoms with Crippen molar-refractivity contribution in [2.75, 3.05) is 0 Å². The van der Waals surface area contributed by atoms with Gasteiger partial charge in [0.05, 0.1) is 6.26 Å². The molecule has 4 heteroatoms. The average Bonchev–Trinajstić information content (AvgIpc) is 2.63. The molecular weight excluding hydrogens is 206 g/mol. The van der Waals surface area contributed by atoms with Crippen LogP contribution in [-0.2, 0) is 4.74 Å². The van der Waals surface area contributed by atoms with Crippen LogP contribution in [0.25, 0.3) is 0 Å². The third-order valence-corrected chi connectivity index (χ3v) is 1.76. The number of furan rings is 1. The van der Waals surface area contributed by atoms with E-state index in [1.165, 1.54) is 0 Å². The van der Waals surface area contributed by atoms with Gasteiger partial charge in [-0.1, -0.05) is 6.08 Å². The zero-order valence-electron chi connectivity index (χ0n) is 9.82. The molecule has 1 amide bonds. The van der Waals surface area contributed by atoms with Gasteiger partial charge in [0, 0.05) is 0 Å². The highest BCUT2D eigenvalue weighted by atomic mass is 16.6. The molecule has 1 N–H and O–H groups in total. The minimum Gasteiger partial charge on any atom is -0.467 e. The van der Waals surface area contributed by atoms with Gasteiger partial charge in [-0.05, 0) is 32.9 Å². The summed E-state index contributed by atoms with van der Waals surface area (Å²) < 4.78 is 10.3. The summed E-state index contributed by atoms with van der Waals surface area (Å²) in [5.74, 6) is 0.626. The number of rotatable bonds is 3. The van der Waals surface area contributed by atoms with E-state index in [2.05, 4.69) is 11.9 Å². The number of alkyl carbamates (subject to hydrolysis) is 1.